The van der Waals surface area contributed by atoms with Crippen LogP contribution in [0, 0.1) is 11.8 Å². The molecule has 0 aromatic carbocycles. The lowest BCUT2D eigenvalue weighted by molar-refractivity contribution is -0.150. The fraction of sp³-hybridized carbons (Fsp3) is 0.706. The summed E-state index contributed by atoms with van der Waals surface area (Å²) in [6.45, 7) is 13.5. The molecular formula is C17H30ClNO2. The van der Waals surface area contributed by atoms with Crippen molar-refractivity contribution >= 4 is 18.4 Å². The maximum Gasteiger partial charge on any atom is 0.309 e. The van der Waals surface area contributed by atoms with Crippen molar-refractivity contribution in [3.05, 3.63) is 24.3 Å². The number of carbonyl (C=O) groups excluding carboxylic acids is 1. The molecule has 0 amide bonds. The van der Waals surface area contributed by atoms with Crippen LogP contribution in [0.15, 0.2) is 24.3 Å². The van der Waals surface area contributed by atoms with E-state index in [2.05, 4.69) is 37.5 Å². The minimum atomic E-state index is -0.0586. The van der Waals surface area contributed by atoms with E-state index in [1.54, 1.807) is 0 Å². The predicted molar refractivity (Wildman–Crippen MR) is 90.8 cm³/mol. The normalized spacial score (nSPS) is 18.4. The highest BCUT2D eigenvalue weighted by molar-refractivity contribution is 5.85. The second-order valence-electron chi connectivity index (χ2n) is 5.63. The van der Waals surface area contributed by atoms with E-state index < -0.39 is 0 Å². The molecule has 0 N–H and O–H groups in total. The maximum absolute atomic E-state index is 12.3. The molecule has 122 valence electrons. The quantitative estimate of drug-likeness (QED) is 0.478. The number of likely N-dealkylation sites (N-methyl/N-ethyl adjacent to an activating group) is 1. The summed E-state index contributed by atoms with van der Waals surface area (Å²) in [6, 6.07) is 0. The first-order chi connectivity index (χ1) is 9.58. The lowest BCUT2D eigenvalue weighted by atomic mass is 9.87. The average molecular weight is 316 g/mol. The van der Waals surface area contributed by atoms with Gasteiger partial charge in [-0.05, 0) is 45.2 Å². The maximum atomic E-state index is 12.3. The van der Waals surface area contributed by atoms with E-state index in [0.29, 0.717) is 12.5 Å². The average Bonchev–Trinajstić information content (AvgIpc) is 2.94. The molecule has 0 saturated carbocycles. The van der Waals surface area contributed by atoms with Gasteiger partial charge in [-0.3, -0.25) is 4.79 Å². The fourth-order valence-electron chi connectivity index (χ4n) is 2.70. The lowest BCUT2D eigenvalue weighted by Crippen LogP contribution is -2.30. The number of halogens is 1. The second kappa shape index (κ2) is 10.9. The second-order valence-corrected chi connectivity index (χ2v) is 5.63. The van der Waals surface area contributed by atoms with E-state index >= 15 is 0 Å². The van der Waals surface area contributed by atoms with E-state index in [0.717, 1.165) is 44.5 Å². The summed E-state index contributed by atoms with van der Waals surface area (Å²) >= 11 is 0. The largest absolute Gasteiger partial charge is 0.464 e. The van der Waals surface area contributed by atoms with Gasteiger partial charge in [0.15, 0.2) is 0 Å². The van der Waals surface area contributed by atoms with Crippen molar-refractivity contribution in [2.24, 2.45) is 11.8 Å². The fourth-order valence-corrected chi connectivity index (χ4v) is 2.70. The van der Waals surface area contributed by atoms with Gasteiger partial charge in [0.1, 0.15) is 6.61 Å². The van der Waals surface area contributed by atoms with Crippen LogP contribution in [-0.4, -0.2) is 37.1 Å². The molecule has 1 rings (SSSR count). The van der Waals surface area contributed by atoms with Crippen LogP contribution in [0.3, 0.4) is 0 Å². The highest BCUT2D eigenvalue weighted by Crippen LogP contribution is 2.30. The Labute approximate surface area is 135 Å². The summed E-state index contributed by atoms with van der Waals surface area (Å²) in [7, 11) is 0. The molecule has 1 aliphatic carbocycles. The number of esters is 1. The van der Waals surface area contributed by atoms with Gasteiger partial charge in [0, 0.05) is 6.54 Å². The number of allylic oxidation sites excluding steroid dienone is 3. The molecule has 3 nitrogen and oxygen atoms in total. The van der Waals surface area contributed by atoms with Crippen LogP contribution in [0.5, 0.6) is 0 Å². The first-order valence-corrected chi connectivity index (χ1v) is 7.78. The molecule has 21 heavy (non-hydrogen) atoms. The van der Waals surface area contributed by atoms with Gasteiger partial charge in [0.2, 0.25) is 0 Å². The number of hydrogen-bond donors (Lipinski definition) is 0. The summed E-state index contributed by atoms with van der Waals surface area (Å²) in [4.78, 5) is 14.6. The van der Waals surface area contributed by atoms with Gasteiger partial charge >= 0.3 is 5.97 Å². The van der Waals surface area contributed by atoms with Crippen molar-refractivity contribution in [1.82, 2.24) is 4.90 Å². The van der Waals surface area contributed by atoms with Crippen molar-refractivity contribution in [2.75, 3.05) is 26.2 Å². The smallest absolute Gasteiger partial charge is 0.309 e. The minimum absolute atomic E-state index is 0. The van der Waals surface area contributed by atoms with E-state index in [4.69, 9.17) is 4.74 Å². The zero-order chi connectivity index (χ0) is 15.0. The molecule has 4 heteroatoms. The van der Waals surface area contributed by atoms with E-state index in [1.165, 1.54) is 0 Å². The van der Waals surface area contributed by atoms with Gasteiger partial charge in [-0.25, -0.2) is 0 Å². The Morgan fingerprint density at radius 1 is 1.43 bits per heavy atom. The zero-order valence-electron chi connectivity index (χ0n) is 13.6. The summed E-state index contributed by atoms with van der Waals surface area (Å²) in [5.74, 6) is 0.215. The molecule has 0 saturated heterocycles. The van der Waals surface area contributed by atoms with E-state index in [9.17, 15) is 4.79 Å². The number of ether oxygens (including phenoxy) is 1. The molecule has 2 atom stereocenters. The number of hydrogen-bond acceptors (Lipinski definition) is 3. The summed E-state index contributed by atoms with van der Waals surface area (Å²) < 4.78 is 5.50. The van der Waals surface area contributed by atoms with Crippen molar-refractivity contribution in [3.8, 4) is 0 Å². The molecule has 0 heterocycles. The summed E-state index contributed by atoms with van der Waals surface area (Å²) in [5.41, 5.74) is 1.05. The number of carbonyl (C=O) groups is 1. The van der Waals surface area contributed by atoms with Gasteiger partial charge in [-0.15, -0.1) is 19.0 Å². The molecule has 0 bridgehead atoms. The van der Waals surface area contributed by atoms with Crippen LogP contribution >= 0.6 is 12.4 Å². The van der Waals surface area contributed by atoms with Crippen LogP contribution in [0.25, 0.3) is 0 Å². The molecule has 0 spiro atoms. The standard InChI is InChI=1S/C17H29NO2.ClH/c1-5-18(6-2)11-12-20-17(19)16(13-14(3)4)15-9-7-8-10-15;/h7,9,15-16H,3,5-6,8,10-13H2,1-2,4H3;1H. The molecule has 1 aliphatic rings. The summed E-state index contributed by atoms with van der Waals surface area (Å²) in [6.07, 6.45) is 7.20. The third-order valence-corrected chi connectivity index (χ3v) is 3.98. The number of nitrogens with zero attached hydrogens (tertiary/aromatic N) is 1. The molecule has 0 aromatic rings. The molecule has 0 radical (unpaired) electrons. The first kappa shape index (κ1) is 20.2. The third kappa shape index (κ3) is 7.14. The minimum Gasteiger partial charge on any atom is -0.464 e. The van der Waals surface area contributed by atoms with E-state index in [1.807, 2.05) is 6.92 Å². The van der Waals surface area contributed by atoms with Gasteiger partial charge in [0.25, 0.3) is 0 Å². The Hall–Kier alpha value is -0.800. The Bertz CT molecular complexity index is 351. The molecule has 0 aromatic heterocycles. The lowest BCUT2D eigenvalue weighted by Gasteiger charge is -2.22. The van der Waals surface area contributed by atoms with Gasteiger partial charge in [-0.1, -0.05) is 31.6 Å². The van der Waals surface area contributed by atoms with Crippen molar-refractivity contribution in [3.63, 3.8) is 0 Å². The molecule has 0 fully saturated rings. The topological polar surface area (TPSA) is 29.5 Å². The van der Waals surface area contributed by atoms with Crippen molar-refractivity contribution < 1.29 is 9.53 Å². The Kier molecular flexibility index (Phi) is 10.4. The molecule has 2 unspecified atom stereocenters. The van der Waals surface area contributed by atoms with Crippen LogP contribution in [0.4, 0.5) is 0 Å². The predicted octanol–water partition coefficient (Wildman–Crippen LogP) is 3.84. The Balaban J connectivity index is 0.00000400. The highest BCUT2D eigenvalue weighted by atomic mass is 35.5. The number of rotatable bonds is 9. The Morgan fingerprint density at radius 3 is 2.57 bits per heavy atom. The molecular weight excluding hydrogens is 286 g/mol. The van der Waals surface area contributed by atoms with Crippen LogP contribution in [0.1, 0.15) is 40.0 Å². The SMILES string of the molecule is C=C(C)CC(C(=O)OCCN(CC)CC)C1C=CCC1.Cl. The molecule has 0 aliphatic heterocycles. The van der Waals surface area contributed by atoms with Gasteiger partial charge in [0.05, 0.1) is 5.92 Å². The monoisotopic (exact) mass is 315 g/mol. The van der Waals surface area contributed by atoms with Gasteiger partial charge < -0.3 is 9.64 Å². The van der Waals surface area contributed by atoms with E-state index in [-0.39, 0.29) is 24.3 Å². The Morgan fingerprint density at radius 2 is 2.10 bits per heavy atom. The van der Waals surface area contributed by atoms with Crippen molar-refractivity contribution in [2.45, 2.75) is 40.0 Å². The van der Waals surface area contributed by atoms with Crippen LogP contribution in [-0.2, 0) is 9.53 Å². The summed E-state index contributed by atoms with van der Waals surface area (Å²) in [5, 5.41) is 0. The van der Waals surface area contributed by atoms with Crippen molar-refractivity contribution in [1.29, 1.82) is 0 Å². The first-order valence-electron chi connectivity index (χ1n) is 7.78. The van der Waals surface area contributed by atoms with Gasteiger partial charge in [-0.2, -0.15) is 0 Å². The van der Waals surface area contributed by atoms with Crippen LogP contribution < -0.4 is 0 Å². The third-order valence-electron chi connectivity index (χ3n) is 3.98. The highest BCUT2D eigenvalue weighted by Gasteiger charge is 2.29. The zero-order valence-corrected chi connectivity index (χ0v) is 14.5. The van der Waals surface area contributed by atoms with Crippen LogP contribution in [0.2, 0.25) is 0 Å².